The number of carbonyl (C=O) groups excluding carboxylic acids is 1. The Bertz CT molecular complexity index is 965. The van der Waals surface area contributed by atoms with Crippen molar-refractivity contribution in [2.75, 3.05) is 6.54 Å². The van der Waals surface area contributed by atoms with Gasteiger partial charge in [0.25, 0.3) is 5.91 Å². The number of benzene rings is 1. The number of hydrogen-bond donors (Lipinski definition) is 1. The van der Waals surface area contributed by atoms with E-state index in [2.05, 4.69) is 59.2 Å². The highest BCUT2D eigenvalue weighted by Gasteiger charge is 2.14. The minimum absolute atomic E-state index is 0.107. The number of amides is 1. The van der Waals surface area contributed by atoms with Gasteiger partial charge in [0, 0.05) is 19.3 Å². The molecule has 7 heteroatoms. The molecule has 0 unspecified atom stereocenters. The van der Waals surface area contributed by atoms with Crippen LogP contribution < -0.4 is 10.1 Å². The first-order chi connectivity index (χ1) is 14.2. The summed E-state index contributed by atoms with van der Waals surface area (Å²) in [5.74, 6) is 1.44. The predicted molar refractivity (Wildman–Crippen MR) is 120 cm³/mol. The monoisotopic (exact) mass is 473 g/mol. The third kappa shape index (κ3) is 5.98. The fraction of sp³-hybridized carbons (Fsp3) is 0.391. The van der Waals surface area contributed by atoms with Crippen LogP contribution in [0.5, 0.6) is 5.75 Å². The van der Waals surface area contributed by atoms with E-state index in [0.717, 1.165) is 28.9 Å². The standard InChI is InChI=1S/C23H28BrN3O3/c1-16-20(24)14-27(26-16)13-5-12-25-22(28)21-11-10-19(30-21)15-29-18-8-6-17(7-9-18)23(2,3)4/h6-11,14H,5,12-13,15H2,1-4H3,(H,25,28). The zero-order valence-electron chi connectivity index (χ0n) is 17.9. The molecule has 1 aromatic carbocycles. The Kier molecular flexibility index (Phi) is 7.02. The van der Waals surface area contributed by atoms with Gasteiger partial charge < -0.3 is 14.5 Å². The largest absolute Gasteiger partial charge is 0.486 e. The van der Waals surface area contributed by atoms with Crippen LogP contribution in [0.2, 0.25) is 0 Å². The Hall–Kier alpha value is -2.54. The number of aromatic nitrogens is 2. The van der Waals surface area contributed by atoms with Gasteiger partial charge >= 0.3 is 0 Å². The fourth-order valence-electron chi connectivity index (χ4n) is 2.92. The molecule has 0 saturated carbocycles. The molecule has 0 aliphatic carbocycles. The lowest BCUT2D eigenvalue weighted by molar-refractivity contribution is 0.0920. The molecule has 0 aliphatic heterocycles. The Labute approximate surface area is 185 Å². The maximum Gasteiger partial charge on any atom is 0.286 e. The van der Waals surface area contributed by atoms with Crippen molar-refractivity contribution in [3.05, 3.63) is 69.8 Å². The second-order valence-corrected chi connectivity index (χ2v) is 9.12. The van der Waals surface area contributed by atoms with E-state index < -0.39 is 0 Å². The third-order valence-electron chi connectivity index (χ3n) is 4.72. The van der Waals surface area contributed by atoms with Crippen LogP contribution in [-0.4, -0.2) is 22.2 Å². The molecule has 3 aromatic rings. The lowest BCUT2D eigenvalue weighted by Crippen LogP contribution is -2.24. The fourth-order valence-corrected chi connectivity index (χ4v) is 3.24. The summed E-state index contributed by atoms with van der Waals surface area (Å²) in [7, 11) is 0. The summed E-state index contributed by atoms with van der Waals surface area (Å²) in [5, 5.41) is 7.25. The lowest BCUT2D eigenvalue weighted by atomic mass is 9.87. The quantitative estimate of drug-likeness (QED) is 0.453. The number of aryl methyl sites for hydroxylation is 2. The van der Waals surface area contributed by atoms with Gasteiger partial charge in [0.1, 0.15) is 18.1 Å². The molecule has 0 aliphatic rings. The molecule has 0 bridgehead atoms. The average molecular weight is 474 g/mol. The van der Waals surface area contributed by atoms with E-state index in [-0.39, 0.29) is 23.7 Å². The zero-order chi connectivity index (χ0) is 21.7. The number of nitrogens with zero attached hydrogens (tertiary/aromatic N) is 2. The Balaban J connectivity index is 1.43. The van der Waals surface area contributed by atoms with Crippen molar-refractivity contribution >= 4 is 21.8 Å². The highest BCUT2D eigenvalue weighted by Crippen LogP contribution is 2.24. The maximum atomic E-state index is 12.3. The van der Waals surface area contributed by atoms with Gasteiger partial charge in [-0.3, -0.25) is 9.48 Å². The zero-order valence-corrected chi connectivity index (χ0v) is 19.5. The van der Waals surface area contributed by atoms with Crippen molar-refractivity contribution in [1.82, 2.24) is 15.1 Å². The van der Waals surface area contributed by atoms with Gasteiger partial charge in [-0.25, -0.2) is 0 Å². The summed E-state index contributed by atoms with van der Waals surface area (Å²) in [6.07, 6.45) is 2.72. The van der Waals surface area contributed by atoms with Crippen LogP contribution in [0.25, 0.3) is 0 Å². The first-order valence-electron chi connectivity index (χ1n) is 10.0. The van der Waals surface area contributed by atoms with Crippen LogP contribution in [0.15, 0.2) is 51.5 Å². The summed E-state index contributed by atoms with van der Waals surface area (Å²) >= 11 is 3.44. The predicted octanol–water partition coefficient (Wildman–Crippen LogP) is 5.24. The summed E-state index contributed by atoms with van der Waals surface area (Å²) < 4.78 is 14.2. The molecule has 2 heterocycles. The summed E-state index contributed by atoms with van der Waals surface area (Å²) in [5.41, 5.74) is 2.31. The summed E-state index contributed by atoms with van der Waals surface area (Å²) in [4.78, 5) is 12.3. The summed E-state index contributed by atoms with van der Waals surface area (Å²) in [6, 6.07) is 11.5. The molecule has 0 spiro atoms. The molecule has 3 rings (SSSR count). The van der Waals surface area contributed by atoms with Crippen LogP contribution >= 0.6 is 15.9 Å². The highest BCUT2D eigenvalue weighted by atomic mass is 79.9. The molecular formula is C23H28BrN3O3. The molecule has 0 saturated heterocycles. The smallest absolute Gasteiger partial charge is 0.286 e. The maximum absolute atomic E-state index is 12.3. The molecule has 0 radical (unpaired) electrons. The van der Waals surface area contributed by atoms with Crippen LogP contribution in [0, 0.1) is 6.92 Å². The van der Waals surface area contributed by atoms with E-state index in [9.17, 15) is 4.79 Å². The van der Waals surface area contributed by atoms with Gasteiger partial charge in [-0.1, -0.05) is 32.9 Å². The van der Waals surface area contributed by atoms with Crippen molar-refractivity contribution in [1.29, 1.82) is 0 Å². The number of carbonyl (C=O) groups is 1. The number of nitrogens with one attached hydrogen (secondary N) is 1. The van der Waals surface area contributed by atoms with Gasteiger partial charge in [-0.05, 0) is 64.5 Å². The molecular weight excluding hydrogens is 446 g/mol. The molecule has 0 atom stereocenters. The minimum atomic E-state index is -0.228. The molecule has 160 valence electrons. The van der Waals surface area contributed by atoms with Crippen LogP contribution in [0.3, 0.4) is 0 Å². The molecule has 1 N–H and O–H groups in total. The normalized spacial score (nSPS) is 11.5. The minimum Gasteiger partial charge on any atom is -0.486 e. The second kappa shape index (κ2) is 9.51. The van der Waals surface area contributed by atoms with Gasteiger partial charge in [-0.15, -0.1) is 0 Å². The first kappa shape index (κ1) is 22.2. The molecule has 0 fully saturated rings. The van der Waals surface area contributed by atoms with E-state index in [4.69, 9.17) is 9.15 Å². The van der Waals surface area contributed by atoms with Gasteiger partial charge in [0.05, 0.1) is 10.2 Å². The Morgan fingerprint density at radius 1 is 1.20 bits per heavy atom. The summed E-state index contributed by atoms with van der Waals surface area (Å²) in [6.45, 7) is 10.0. The van der Waals surface area contributed by atoms with E-state index in [1.807, 2.05) is 29.9 Å². The Morgan fingerprint density at radius 2 is 1.93 bits per heavy atom. The van der Waals surface area contributed by atoms with Crippen molar-refractivity contribution in [2.45, 2.75) is 52.7 Å². The van der Waals surface area contributed by atoms with Crippen molar-refractivity contribution < 1.29 is 13.9 Å². The molecule has 2 aromatic heterocycles. The van der Waals surface area contributed by atoms with E-state index in [1.165, 1.54) is 5.56 Å². The SMILES string of the molecule is Cc1nn(CCCNC(=O)c2ccc(COc3ccc(C(C)(C)C)cc3)o2)cc1Br. The molecule has 30 heavy (non-hydrogen) atoms. The van der Waals surface area contributed by atoms with Gasteiger partial charge in [-0.2, -0.15) is 5.10 Å². The molecule has 1 amide bonds. The first-order valence-corrected chi connectivity index (χ1v) is 10.8. The Morgan fingerprint density at radius 3 is 2.57 bits per heavy atom. The van der Waals surface area contributed by atoms with Gasteiger partial charge in [0.15, 0.2) is 5.76 Å². The number of ether oxygens (including phenoxy) is 1. The topological polar surface area (TPSA) is 69.3 Å². The van der Waals surface area contributed by atoms with Crippen LogP contribution in [0.1, 0.15) is 54.8 Å². The number of halogens is 1. The van der Waals surface area contributed by atoms with Crippen molar-refractivity contribution in [2.24, 2.45) is 0 Å². The lowest BCUT2D eigenvalue weighted by Gasteiger charge is -2.19. The highest BCUT2D eigenvalue weighted by molar-refractivity contribution is 9.10. The van der Waals surface area contributed by atoms with Crippen LogP contribution in [0.4, 0.5) is 0 Å². The van der Waals surface area contributed by atoms with E-state index >= 15 is 0 Å². The average Bonchev–Trinajstić information content (AvgIpc) is 3.30. The van der Waals surface area contributed by atoms with Crippen molar-refractivity contribution in [3.8, 4) is 5.75 Å². The number of hydrogen-bond acceptors (Lipinski definition) is 4. The second-order valence-electron chi connectivity index (χ2n) is 8.26. The van der Waals surface area contributed by atoms with E-state index in [0.29, 0.717) is 12.3 Å². The molecule has 6 nitrogen and oxygen atoms in total. The van der Waals surface area contributed by atoms with Gasteiger partial charge in [0.2, 0.25) is 0 Å². The third-order valence-corrected chi connectivity index (χ3v) is 5.50. The van der Waals surface area contributed by atoms with Crippen molar-refractivity contribution in [3.63, 3.8) is 0 Å². The number of rotatable bonds is 8. The van der Waals surface area contributed by atoms with E-state index in [1.54, 1.807) is 12.1 Å². The number of furan rings is 1. The van der Waals surface area contributed by atoms with Crippen LogP contribution in [-0.2, 0) is 18.6 Å².